The lowest BCUT2D eigenvalue weighted by atomic mass is 9.92. The minimum Gasteiger partial charge on any atom is -0.309 e. The molecule has 2 aliphatic carbocycles. The van der Waals surface area contributed by atoms with Gasteiger partial charge in [-0.15, -0.1) is 11.3 Å². The van der Waals surface area contributed by atoms with E-state index in [1.807, 2.05) is 0 Å². The van der Waals surface area contributed by atoms with Gasteiger partial charge in [0.05, 0.1) is 38.0 Å². The topological polar surface area (TPSA) is 35.6 Å². The number of fused-ring (bicyclic) bond motifs is 10. The van der Waals surface area contributed by atoms with Crippen LogP contribution in [0.25, 0.3) is 105 Å². The van der Waals surface area contributed by atoms with Gasteiger partial charge < -0.3 is 4.57 Å². The highest BCUT2D eigenvalue weighted by Gasteiger charge is 2.25. The molecule has 0 saturated heterocycles. The number of benzene rings is 7. The van der Waals surface area contributed by atoms with E-state index in [0.717, 1.165) is 57.5 Å². The van der Waals surface area contributed by atoms with Crippen molar-refractivity contribution in [3.8, 4) is 33.9 Å². The van der Waals surface area contributed by atoms with Crippen molar-refractivity contribution in [3.05, 3.63) is 198 Å². The van der Waals surface area contributed by atoms with Gasteiger partial charge in [0.1, 0.15) is 0 Å². The van der Waals surface area contributed by atoms with E-state index in [-0.39, 0.29) is 5.92 Å². The summed E-state index contributed by atoms with van der Waals surface area (Å²) in [5, 5.41) is 9.63. The van der Waals surface area contributed by atoms with Crippen LogP contribution in [0.1, 0.15) is 35.6 Å². The maximum Gasteiger partial charge on any atom is 0.235 e. The molecule has 0 radical (unpaired) electrons. The van der Waals surface area contributed by atoms with E-state index >= 15 is 0 Å². The summed E-state index contributed by atoms with van der Waals surface area (Å²) in [7, 11) is 0. The average Bonchev–Trinajstić information content (AvgIpc) is 4.01. The lowest BCUT2D eigenvalue weighted by Crippen LogP contribution is -2.07. The molecule has 5 heteroatoms. The molecule has 1 atom stereocenters. The third kappa shape index (κ3) is 5.30. The number of thiophene rings is 1. The molecule has 13 rings (SSSR count). The van der Waals surface area contributed by atoms with Gasteiger partial charge in [0, 0.05) is 49.7 Å². The molecule has 0 spiro atoms. The van der Waals surface area contributed by atoms with E-state index in [1.165, 1.54) is 71.2 Å². The summed E-state index contributed by atoms with van der Waals surface area (Å²) in [6, 6.07) is 53.4. The van der Waals surface area contributed by atoms with Crippen molar-refractivity contribution in [2.45, 2.75) is 25.2 Å². The second-order valence-corrected chi connectivity index (χ2v) is 17.3. The first-order valence-electron chi connectivity index (χ1n) is 21.2. The number of hydrogen-bond donors (Lipinski definition) is 0. The lowest BCUT2D eigenvalue weighted by Gasteiger charge is -2.16. The average molecular weight is 799 g/mol. The molecule has 0 fully saturated rings. The van der Waals surface area contributed by atoms with Gasteiger partial charge >= 0.3 is 0 Å². The van der Waals surface area contributed by atoms with Crippen molar-refractivity contribution in [1.29, 1.82) is 0 Å². The van der Waals surface area contributed by atoms with Crippen molar-refractivity contribution in [2.75, 3.05) is 0 Å². The van der Waals surface area contributed by atoms with Crippen LogP contribution in [-0.2, 0) is 6.42 Å². The Balaban J connectivity index is 1.10. The molecule has 0 aliphatic heterocycles. The fourth-order valence-electron chi connectivity index (χ4n) is 10.1. The second-order valence-electron chi connectivity index (χ2n) is 16.4. The maximum atomic E-state index is 5.55. The molecule has 0 bridgehead atoms. The molecule has 1 unspecified atom stereocenters. The third-order valence-corrected chi connectivity index (χ3v) is 13.9. The summed E-state index contributed by atoms with van der Waals surface area (Å²) in [5.41, 5.74) is 15.4. The number of nitrogens with zero attached hydrogens (tertiary/aromatic N) is 4. The Morgan fingerprint density at radius 2 is 1.39 bits per heavy atom. The molecule has 4 heterocycles. The number of rotatable bonds is 5. The highest BCUT2D eigenvalue weighted by atomic mass is 32.1. The predicted octanol–water partition coefficient (Wildman–Crippen LogP) is 14.9. The van der Waals surface area contributed by atoms with Crippen molar-refractivity contribution in [1.82, 2.24) is 19.1 Å². The molecule has 7 aromatic carbocycles. The Bertz CT molecular complexity index is 3670. The molecule has 288 valence electrons. The molecule has 0 saturated carbocycles. The maximum absolute atomic E-state index is 5.55. The minimum atomic E-state index is 0.162. The number of para-hydroxylation sites is 2. The van der Waals surface area contributed by atoms with E-state index in [0.29, 0.717) is 5.95 Å². The highest BCUT2D eigenvalue weighted by Crippen LogP contribution is 2.45. The van der Waals surface area contributed by atoms with Crippen LogP contribution in [0.3, 0.4) is 0 Å². The first kappa shape index (κ1) is 34.5. The Morgan fingerprint density at radius 3 is 2.25 bits per heavy atom. The van der Waals surface area contributed by atoms with Crippen molar-refractivity contribution < 1.29 is 0 Å². The van der Waals surface area contributed by atoms with Crippen molar-refractivity contribution in [3.63, 3.8) is 0 Å². The molecular weight excluding hydrogens is 761 g/mol. The fourth-order valence-corrected chi connectivity index (χ4v) is 11.2. The molecule has 4 nitrogen and oxygen atoms in total. The van der Waals surface area contributed by atoms with Gasteiger partial charge in [-0.2, -0.15) is 0 Å². The molecule has 2 aliphatic rings. The van der Waals surface area contributed by atoms with E-state index in [9.17, 15) is 0 Å². The number of hydrogen-bond acceptors (Lipinski definition) is 3. The SMILES string of the molecule is C1=CCC(c2nc(-n3c4ccc(-c5cccc6c7c8c(ccc7n(-c7ccccc7)c56)CCC=C8)cc4c4cc5ccccc5cc43)nc3c(-c4ccccc4)csc23)C=C1. The van der Waals surface area contributed by atoms with E-state index < -0.39 is 0 Å². The third-order valence-electron chi connectivity index (χ3n) is 13.0. The summed E-state index contributed by atoms with van der Waals surface area (Å²) in [6.07, 6.45) is 16.6. The quantitative estimate of drug-likeness (QED) is 0.174. The zero-order valence-electron chi connectivity index (χ0n) is 33.3. The molecular formula is C56H38N4S. The van der Waals surface area contributed by atoms with E-state index in [2.05, 4.69) is 197 Å². The van der Waals surface area contributed by atoms with Crippen molar-refractivity contribution in [2.24, 2.45) is 0 Å². The van der Waals surface area contributed by atoms with Crippen LogP contribution in [0.15, 0.2) is 181 Å². The number of aromatic nitrogens is 4. The van der Waals surface area contributed by atoms with Gasteiger partial charge in [-0.1, -0.05) is 140 Å². The lowest BCUT2D eigenvalue weighted by molar-refractivity contribution is 0.812. The Kier molecular flexibility index (Phi) is 7.69. The smallest absolute Gasteiger partial charge is 0.235 e. The minimum absolute atomic E-state index is 0.162. The van der Waals surface area contributed by atoms with E-state index in [4.69, 9.17) is 9.97 Å². The predicted molar refractivity (Wildman–Crippen MR) is 257 cm³/mol. The summed E-state index contributed by atoms with van der Waals surface area (Å²) in [4.78, 5) is 11.1. The molecule has 0 amide bonds. The summed E-state index contributed by atoms with van der Waals surface area (Å²) >= 11 is 1.75. The fraction of sp³-hybridized carbons (Fsp3) is 0.0714. The van der Waals surface area contributed by atoms with Crippen LogP contribution in [0.5, 0.6) is 0 Å². The summed E-state index contributed by atoms with van der Waals surface area (Å²) < 4.78 is 5.95. The summed E-state index contributed by atoms with van der Waals surface area (Å²) in [6.45, 7) is 0. The normalized spacial score (nSPS) is 15.0. The van der Waals surface area contributed by atoms with E-state index in [1.54, 1.807) is 11.3 Å². The van der Waals surface area contributed by atoms with Crippen LogP contribution in [-0.4, -0.2) is 19.1 Å². The first-order chi connectivity index (χ1) is 30.3. The zero-order chi connectivity index (χ0) is 40.0. The van der Waals surface area contributed by atoms with Crippen LogP contribution in [0.4, 0.5) is 0 Å². The van der Waals surface area contributed by atoms with Crippen LogP contribution >= 0.6 is 11.3 Å². The van der Waals surface area contributed by atoms with Gasteiger partial charge in [0.25, 0.3) is 0 Å². The Labute approximate surface area is 356 Å². The van der Waals surface area contributed by atoms with Gasteiger partial charge in [0.2, 0.25) is 5.95 Å². The number of aryl methyl sites for hydroxylation is 1. The zero-order valence-corrected chi connectivity index (χ0v) is 34.1. The Morgan fingerprint density at radius 1 is 0.590 bits per heavy atom. The van der Waals surface area contributed by atoms with Crippen LogP contribution in [0, 0.1) is 0 Å². The van der Waals surface area contributed by atoms with Gasteiger partial charge in [0.15, 0.2) is 0 Å². The van der Waals surface area contributed by atoms with Gasteiger partial charge in [-0.05, 0) is 94.8 Å². The molecule has 11 aromatic rings. The van der Waals surface area contributed by atoms with Crippen molar-refractivity contribution >= 4 is 82.0 Å². The highest BCUT2D eigenvalue weighted by molar-refractivity contribution is 7.17. The van der Waals surface area contributed by atoms with Gasteiger partial charge in [-0.25, -0.2) is 9.97 Å². The largest absolute Gasteiger partial charge is 0.309 e. The second kappa shape index (κ2) is 13.6. The van der Waals surface area contributed by atoms with Crippen LogP contribution < -0.4 is 0 Å². The monoisotopic (exact) mass is 798 g/mol. The number of allylic oxidation sites excluding steroid dienone is 5. The molecule has 0 N–H and O–H groups in total. The molecule has 61 heavy (non-hydrogen) atoms. The Hall–Kier alpha value is -7.34. The standard InChI is InChI=1S/C56H38N4S/c1-4-15-35(16-5-1)47-34-61-55-52(37-18-6-2-7-19-37)57-56(58-53(47)55)60-48-29-28-40(32-45(48)46-31-38-20-10-11-21-39(38)33-50(46)60)43-25-14-26-44-51-42-24-13-12-17-36(42)27-30-49(51)59(54(43)44)41-22-8-3-9-23-41/h1-11,13-16,18,20-34,37H,12,17,19H2. The molecule has 4 aromatic heterocycles. The van der Waals surface area contributed by atoms with Crippen LogP contribution in [0.2, 0.25) is 0 Å². The first-order valence-corrected chi connectivity index (χ1v) is 22.1. The van der Waals surface area contributed by atoms with Gasteiger partial charge in [-0.3, -0.25) is 4.57 Å². The summed E-state index contributed by atoms with van der Waals surface area (Å²) in [5.74, 6) is 0.864.